The van der Waals surface area contributed by atoms with Gasteiger partial charge in [0.1, 0.15) is 0 Å². The molecule has 0 spiro atoms. The Bertz CT molecular complexity index is 644. The molecule has 0 heterocycles. The number of alkyl halides is 5. The maximum absolute atomic E-state index is 12.7. The third-order valence-electron chi connectivity index (χ3n) is 2.02. The first-order valence-corrected chi connectivity index (χ1v) is 6.54. The summed E-state index contributed by atoms with van der Waals surface area (Å²) in [6.45, 7) is 0. The van der Waals surface area contributed by atoms with Crippen molar-refractivity contribution < 1.29 is 35.2 Å². The molecular weight excluding hydrogens is 325 g/mol. The summed E-state index contributed by atoms with van der Waals surface area (Å²) < 4.78 is 84.6. The van der Waals surface area contributed by atoms with Crippen molar-refractivity contribution in [1.82, 2.24) is 0 Å². The van der Waals surface area contributed by atoms with Crippen molar-refractivity contribution >= 4 is 27.5 Å². The van der Waals surface area contributed by atoms with E-state index in [1.54, 1.807) is 4.72 Å². The Balaban J connectivity index is 2.95. The lowest BCUT2D eigenvalue weighted by molar-refractivity contribution is -0.267. The molecule has 12 heteroatoms. The van der Waals surface area contributed by atoms with Crippen LogP contribution in [-0.2, 0) is 15.0 Å². The molecule has 0 unspecified atom stereocenters. The lowest BCUT2D eigenvalue weighted by Gasteiger charge is -2.18. The van der Waals surface area contributed by atoms with E-state index in [0.29, 0.717) is 0 Å². The molecule has 0 radical (unpaired) electrons. The summed E-state index contributed by atoms with van der Waals surface area (Å²) in [4.78, 5) is 10.9. The predicted octanol–water partition coefficient (Wildman–Crippen LogP) is 1.44. The number of nitrogens with two attached hydrogens (primary N) is 1. The van der Waals surface area contributed by atoms with Gasteiger partial charge in [-0.05, 0) is 18.2 Å². The fraction of sp³-hybridized carbons (Fsp3) is 0.222. The lowest BCUT2D eigenvalue weighted by atomic mass is 10.2. The molecular formula is C9H8F5N3O3S. The third kappa shape index (κ3) is 4.53. The normalized spacial score (nSPS) is 12.9. The zero-order chi connectivity index (χ0) is 16.5. The molecule has 0 saturated heterocycles. The molecule has 0 aromatic heterocycles. The molecule has 0 fully saturated rings. The first-order valence-electron chi connectivity index (χ1n) is 4.99. The van der Waals surface area contributed by atoms with Crippen molar-refractivity contribution in [2.45, 2.75) is 12.1 Å². The highest BCUT2D eigenvalue weighted by molar-refractivity contribution is 7.90. The number of carbonyl (C=O) groups is 1. The van der Waals surface area contributed by atoms with E-state index >= 15 is 0 Å². The summed E-state index contributed by atoms with van der Waals surface area (Å²) >= 11 is 0. The fourth-order valence-corrected chi connectivity index (χ4v) is 1.62. The van der Waals surface area contributed by atoms with Crippen LogP contribution in [0.1, 0.15) is 0 Å². The Labute approximate surface area is 115 Å². The van der Waals surface area contributed by atoms with E-state index in [1.807, 2.05) is 0 Å². The van der Waals surface area contributed by atoms with Crippen molar-refractivity contribution in [1.29, 1.82) is 0 Å². The molecule has 1 aromatic carbocycles. The summed E-state index contributed by atoms with van der Waals surface area (Å²) in [6, 6.07) is 4.05. The molecule has 6 nitrogen and oxygen atoms in total. The molecule has 1 rings (SSSR count). The number of nitrogens with one attached hydrogen (secondary N) is 2. The van der Waals surface area contributed by atoms with Crippen LogP contribution in [0.15, 0.2) is 24.3 Å². The molecule has 0 aliphatic rings. The highest BCUT2D eigenvalue weighted by atomic mass is 32.2. The van der Waals surface area contributed by atoms with Crippen molar-refractivity contribution in [3.05, 3.63) is 24.3 Å². The van der Waals surface area contributed by atoms with E-state index in [1.165, 1.54) is 5.32 Å². The van der Waals surface area contributed by atoms with Gasteiger partial charge >= 0.3 is 18.0 Å². The van der Waals surface area contributed by atoms with Crippen LogP contribution in [0, 0.1) is 0 Å². The first kappa shape index (κ1) is 17.1. The highest BCUT2D eigenvalue weighted by Gasteiger charge is 2.63. The molecule has 21 heavy (non-hydrogen) atoms. The van der Waals surface area contributed by atoms with Crippen LogP contribution < -0.4 is 15.2 Å². The van der Waals surface area contributed by atoms with E-state index < -0.39 is 33.9 Å². The Kier molecular flexibility index (Phi) is 4.43. The van der Waals surface area contributed by atoms with E-state index in [4.69, 9.17) is 0 Å². The van der Waals surface area contributed by atoms with E-state index in [9.17, 15) is 35.2 Å². The average Bonchev–Trinajstić information content (AvgIpc) is 2.25. The monoisotopic (exact) mass is 333 g/mol. The van der Waals surface area contributed by atoms with Crippen LogP contribution in [0.5, 0.6) is 0 Å². The van der Waals surface area contributed by atoms with E-state index in [0.717, 1.165) is 24.3 Å². The van der Waals surface area contributed by atoms with Gasteiger partial charge in [0, 0.05) is 5.69 Å². The van der Waals surface area contributed by atoms with Crippen molar-refractivity contribution in [3.8, 4) is 0 Å². The maximum Gasteiger partial charge on any atom is 0.463 e. The van der Waals surface area contributed by atoms with Crippen LogP contribution in [-0.4, -0.2) is 26.4 Å². The molecule has 0 aliphatic carbocycles. The number of benzene rings is 1. The van der Waals surface area contributed by atoms with Crippen LogP contribution in [0.25, 0.3) is 0 Å². The SMILES string of the molecule is NS(=O)(=O)Nc1cccc(NC(=O)C(F)(F)C(F)(F)F)c1. The second-order valence-corrected chi connectivity index (χ2v) is 5.05. The van der Waals surface area contributed by atoms with Crippen LogP contribution in [0.4, 0.5) is 33.3 Å². The largest absolute Gasteiger partial charge is 0.463 e. The van der Waals surface area contributed by atoms with Gasteiger partial charge in [0.25, 0.3) is 10.2 Å². The smallest absolute Gasteiger partial charge is 0.320 e. The summed E-state index contributed by atoms with van der Waals surface area (Å²) in [5.74, 6) is -8.18. The van der Waals surface area contributed by atoms with E-state index in [2.05, 4.69) is 5.14 Å². The van der Waals surface area contributed by atoms with Crippen LogP contribution in [0.2, 0.25) is 0 Å². The molecule has 118 valence electrons. The van der Waals surface area contributed by atoms with Gasteiger partial charge in [0.15, 0.2) is 0 Å². The second-order valence-electron chi connectivity index (χ2n) is 3.75. The Hall–Kier alpha value is -1.95. The van der Waals surface area contributed by atoms with Gasteiger partial charge in [0.05, 0.1) is 5.69 Å². The lowest BCUT2D eigenvalue weighted by Crippen LogP contribution is -2.47. The summed E-state index contributed by atoms with van der Waals surface area (Å²) in [5, 5.41) is 5.98. The van der Waals surface area contributed by atoms with Crippen molar-refractivity contribution in [3.63, 3.8) is 0 Å². The number of carbonyl (C=O) groups excluding carboxylic acids is 1. The Morgan fingerprint density at radius 3 is 2.10 bits per heavy atom. The van der Waals surface area contributed by atoms with Gasteiger partial charge in [-0.15, -0.1) is 0 Å². The highest BCUT2D eigenvalue weighted by Crippen LogP contribution is 2.36. The summed E-state index contributed by atoms with van der Waals surface area (Å²) in [6.07, 6.45) is -6.05. The van der Waals surface area contributed by atoms with Crippen molar-refractivity contribution in [2.75, 3.05) is 10.0 Å². The van der Waals surface area contributed by atoms with Gasteiger partial charge in [-0.25, -0.2) is 5.14 Å². The minimum absolute atomic E-state index is 0.231. The zero-order valence-corrected chi connectivity index (χ0v) is 10.7. The molecule has 1 aromatic rings. The third-order valence-corrected chi connectivity index (χ3v) is 2.54. The number of amides is 1. The number of rotatable bonds is 4. The molecule has 1 amide bonds. The van der Waals surface area contributed by atoms with Crippen LogP contribution in [0.3, 0.4) is 0 Å². The molecule has 0 atom stereocenters. The fourth-order valence-electron chi connectivity index (χ4n) is 1.16. The predicted molar refractivity (Wildman–Crippen MR) is 62.8 cm³/mol. The maximum atomic E-state index is 12.7. The second kappa shape index (κ2) is 5.44. The van der Waals surface area contributed by atoms with E-state index in [-0.39, 0.29) is 5.69 Å². The molecule has 0 saturated carbocycles. The van der Waals surface area contributed by atoms with Gasteiger partial charge in [-0.3, -0.25) is 9.52 Å². The number of anilines is 2. The van der Waals surface area contributed by atoms with Crippen molar-refractivity contribution in [2.24, 2.45) is 5.14 Å². The van der Waals surface area contributed by atoms with Gasteiger partial charge in [-0.2, -0.15) is 30.4 Å². The average molecular weight is 333 g/mol. The first-order chi connectivity index (χ1) is 9.33. The standard InChI is InChI=1S/C9H8F5N3O3S/c10-8(11,9(12,13)14)7(18)16-5-2-1-3-6(4-5)17-21(15,19)20/h1-4,17H,(H,16,18)(H2,15,19,20). The minimum Gasteiger partial charge on any atom is -0.320 e. The number of hydrogen-bond donors (Lipinski definition) is 3. The molecule has 0 aliphatic heterocycles. The Morgan fingerprint density at radius 2 is 1.62 bits per heavy atom. The van der Waals surface area contributed by atoms with Gasteiger partial charge < -0.3 is 5.32 Å². The molecule has 0 bridgehead atoms. The summed E-state index contributed by atoms with van der Waals surface area (Å²) in [5.41, 5.74) is -0.705. The number of halogens is 5. The minimum atomic E-state index is -6.05. The Morgan fingerprint density at radius 1 is 1.10 bits per heavy atom. The van der Waals surface area contributed by atoms with Gasteiger partial charge in [-0.1, -0.05) is 6.07 Å². The quantitative estimate of drug-likeness (QED) is 0.727. The molecule has 4 N–H and O–H groups in total. The topological polar surface area (TPSA) is 101 Å². The number of hydrogen-bond acceptors (Lipinski definition) is 3. The van der Waals surface area contributed by atoms with Gasteiger partial charge in [0.2, 0.25) is 0 Å². The summed E-state index contributed by atoms with van der Waals surface area (Å²) in [7, 11) is -4.16. The van der Waals surface area contributed by atoms with Crippen LogP contribution >= 0.6 is 0 Å². The zero-order valence-electron chi connectivity index (χ0n) is 9.91.